The van der Waals surface area contributed by atoms with Gasteiger partial charge < -0.3 is 16.0 Å². The van der Waals surface area contributed by atoms with Gasteiger partial charge in [0.25, 0.3) is 0 Å². The lowest BCUT2D eigenvalue weighted by atomic mass is 9.96. The lowest BCUT2D eigenvalue weighted by Crippen LogP contribution is -2.43. The van der Waals surface area contributed by atoms with Crippen molar-refractivity contribution >= 4 is 17.6 Å². The SMILES string of the molecule is O=C(CCCNC(=O)NC1CCCCC1)Nc1cccc(-c2n[nH]c(C3CC3)n2)c1. The number of hydrogen-bond acceptors (Lipinski definition) is 4. The van der Waals surface area contributed by atoms with Gasteiger partial charge in [0.1, 0.15) is 5.82 Å². The molecule has 0 atom stereocenters. The first-order valence-corrected chi connectivity index (χ1v) is 11.0. The van der Waals surface area contributed by atoms with Crippen LogP contribution in [0.3, 0.4) is 0 Å². The van der Waals surface area contributed by atoms with E-state index in [-0.39, 0.29) is 11.9 Å². The third-order valence-corrected chi connectivity index (χ3v) is 5.68. The molecular weight excluding hydrogens is 380 g/mol. The van der Waals surface area contributed by atoms with Gasteiger partial charge in [0.05, 0.1) is 0 Å². The Kier molecular flexibility index (Phi) is 6.61. The van der Waals surface area contributed by atoms with Gasteiger partial charge in [0.15, 0.2) is 5.82 Å². The summed E-state index contributed by atoms with van der Waals surface area (Å²) < 4.78 is 0. The fourth-order valence-electron chi connectivity index (χ4n) is 3.84. The van der Waals surface area contributed by atoms with Gasteiger partial charge in [-0.3, -0.25) is 9.89 Å². The van der Waals surface area contributed by atoms with Crippen LogP contribution in [0.2, 0.25) is 0 Å². The van der Waals surface area contributed by atoms with Gasteiger partial charge in [-0.25, -0.2) is 9.78 Å². The molecule has 2 saturated carbocycles. The minimum atomic E-state index is -0.132. The first-order valence-electron chi connectivity index (χ1n) is 11.0. The van der Waals surface area contributed by atoms with Crippen molar-refractivity contribution < 1.29 is 9.59 Å². The molecule has 4 N–H and O–H groups in total. The van der Waals surface area contributed by atoms with Crippen molar-refractivity contribution in [2.45, 2.75) is 69.7 Å². The number of rotatable bonds is 8. The van der Waals surface area contributed by atoms with E-state index in [0.29, 0.717) is 37.2 Å². The summed E-state index contributed by atoms with van der Waals surface area (Å²) in [6, 6.07) is 7.71. The van der Waals surface area contributed by atoms with Crippen LogP contribution in [0, 0.1) is 0 Å². The fraction of sp³-hybridized carbons (Fsp3) is 0.545. The Morgan fingerprint density at radius 3 is 2.73 bits per heavy atom. The van der Waals surface area contributed by atoms with Crippen LogP contribution in [0.5, 0.6) is 0 Å². The zero-order valence-electron chi connectivity index (χ0n) is 17.2. The number of aromatic nitrogens is 3. The number of amides is 3. The molecule has 2 aromatic rings. The number of H-pyrrole nitrogens is 1. The van der Waals surface area contributed by atoms with E-state index in [9.17, 15) is 9.59 Å². The molecule has 0 unspecified atom stereocenters. The Morgan fingerprint density at radius 1 is 1.10 bits per heavy atom. The second kappa shape index (κ2) is 9.73. The molecule has 30 heavy (non-hydrogen) atoms. The molecule has 0 saturated heterocycles. The minimum absolute atomic E-state index is 0.0738. The molecular formula is C22H30N6O2. The second-order valence-corrected chi connectivity index (χ2v) is 8.29. The van der Waals surface area contributed by atoms with Crippen molar-refractivity contribution in [1.82, 2.24) is 25.8 Å². The molecule has 0 spiro atoms. The zero-order chi connectivity index (χ0) is 20.8. The molecule has 0 radical (unpaired) electrons. The Morgan fingerprint density at radius 2 is 1.93 bits per heavy atom. The van der Waals surface area contributed by atoms with Crippen LogP contribution < -0.4 is 16.0 Å². The second-order valence-electron chi connectivity index (χ2n) is 8.29. The Labute approximate surface area is 176 Å². The van der Waals surface area contributed by atoms with Gasteiger partial charge in [-0.15, -0.1) is 0 Å². The maximum Gasteiger partial charge on any atom is 0.315 e. The van der Waals surface area contributed by atoms with Crippen molar-refractivity contribution in [2.24, 2.45) is 0 Å². The van der Waals surface area contributed by atoms with Gasteiger partial charge in [-0.1, -0.05) is 31.4 Å². The topological polar surface area (TPSA) is 112 Å². The number of carbonyl (C=O) groups is 2. The molecule has 1 aromatic carbocycles. The van der Waals surface area contributed by atoms with E-state index in [1.807, 2.05) is 24.3 Å². The van der Waals surface area contributed by atoms with Gasteiger partial charge in [0, 0.05) is 36.2 Å². The zero-order valence-corrected chi connectivity index (χ0v) is 17.2. The molecule has 3 amide bonds. The van der Waals surface area contributed by atoms with E-state index in [1.165, 1.54) is 32.1 Å². The van der Waals surface area contributed by atoms with Crippen molar-refractivity contribution in [1.29, 1.82) is 0 Å². The van der Waals surface area contributed by atoms with Crippen LogP contribution in [0.4, 0.5) is 10.5 Å². The molecule has 8 heteroatoms. The monoisotopic (exact) mass is 410 g/mol. The first kappa shape index (κ1) is 20.4. The highest BCUT2D eigenvalue weighted by atomic mass is 16.2. The number of aromatic amines is 1. The number of carbonyl (C=O) groups excluding carboxylic acids is 2. The Hall–Kier alpha value is -2.90. The van der Waals surface area contributed by atoms with E-state index in [2.05, 4.69) is 31.1 Å². The Balaban J connectivity index is 1.18. The van der Waals surface area contributed by atoms with Crippen LogP contribution in [0.15, 0.2) is 24.3 Å². The van der Waals surface area contributed by atoms with Crippen molar-refractivity contribution in [2.75, 3.05) is 11.9 Å². The fourth-order valence-corrected chi connectivity index (χ4v) is 3.84. The highest BCUT2D eigenvalue weighted by Gasteiger charge is 2.27. The summed E-state index contributed by atoms with van der Waals surface area (Å²) >= 11 is 0. The summed E-state index contributed by atoms with van der Waals surface area (Å²) in [7, 11) is 0. The highest BCUT2D eigenvalue weighted by Crippen LogP contribution is 2.38. The van der Waals surface area contributed by atoms with E-state index in [1.54, 1.807) is 0 Å². The normalized spacial score (nSPS) is 16.8. The average Bonchev–Trinajstić information content (AvgIpc) is 3.49. The minimum Gasteiger partial charge on any atom is -0.338 e. The van der Waals surface area contributed by atoms with Crippen molar-refractivity contribution in [3.05, 3.63) is 30.1 Å². The van der Waals surface area contributed by atoms with Crippen LogP contribution >= 0.6 is 0 Å². The predicted molar refractivity (Wildman–Crippen MR) is 115 cm³/mol. The number of hydrogen-bond donors (Lipinski definition) is 4. The molecule has 0 aliphatic heterocycles. The molecule has 8 nitrogen and oxygen atoms in total. The average molecular weight is 411 g/mol. The number of anilines is 1. The summed E-state index contributed by atoms with van der Waals surface area (Å²) in [5, 5.41) is 16.1. The quantitative estimate of drug-likeness (QED) is 0.497. The van der Waals surface area contributed by atoms with E-state index < -0.39 is 0 Å². The molecule has 1 heterocycles. The first-order chi connectivity index (χ1) is 14.7. The molecule has 0 bridgehead atoms. The standard InChI is InChI=1S/C22H30N6O2/c29-19(10-5-13-23-22(30)25-17-7-2-1-3-8-17)24-18-9-4-6-16(14-18)21-26-20(27-28-21)15-11-12-15/h4,6,9,14-15,17H,1-3,5,7-8,10-13H2,(H,24,29)(H2,23,25,30)(H,26,27,28). The number of nitrogens with one attached hydrogen (secondary N) is 4. The van der Waals surface area contributed by atoms with Crippen LogP contribution in [-0.4, -0.2) is 39.7 Å². The summed E-state index contributed by atoms with van der Waals surface area (Å²) in [6.45, 7) is 0.479. The van der Waals surface area contributed by atoms with Gasteiger partial charge in [0.2, 0.25) is 5.91 Å². The van der Waals surface area contributed by atoms with Crippen molar-refractivity contribution in [3.63, 3.8) is 0 Å². The number of nitrogens with zero attached hydrogens (tertiary/aromatic N) is 2. The third-order valence-electron chi connectivity index (χ3n) is 5.68. The van der Waals surface area contributed by atoms with Gasteiger partial charge >= 0.3 is 6.03 Å². The summed E-state index contributed by atoms with van der Waals surface area (Å²) in [5.41, 5.74) is 1.59. The maximum absolute atomic E-state index is 12.2. The van der Waals surface area contributed by atoms with E-state index >= 15 is 0 Å². The van der Waals surface area contributed by atoms with Crippen LogP contribution in [0.1, 0.15) is 69.5 Å². The maximum atomic E-state index is 12.2. The van der Waals surface area contributed by atoms with Crippen molar-refractivity contribution in [3.8, 4) is 11.4 Å². The molecule has 2 fully saturated rings. The Bertz CT molecular complexity index is 870. The summed E-state index contributed by atoms with van der Waals surface area (Å²) in [6.07, 6.45) is 9.03. The third kappa shape index (κ3) is 5.81. The molecule has 4 rings (SSSR count). The number of benzene rings is 1. The molecule has 2 aliphatic carbocycles. The molecule has 2 aliphatic rings. The number of urea groups is 1. The summed E-state index contributed by atoms with van der Waals surface area (Å²) in [4.78, 5) is 28.7. The highest BCUT2D eigenvalue weighted by molar-refractivity contribution is 5.91. The predicted octanol–water partition coefficient (Wildman–Crippen LogP) is 3.70. The molecule has 1 aromatic heterocycles. The lowest BCUT2D eigenvalue weighted by Gasteiger charge is -2.22. The lowest BCUT2D eigenvalue weighted by molar-refractivity contribution is -0.116. The van der Waals surface area contributed by atoms with E-state index in [0.717, 1.165) is 29.9 Å². The summed E-state index contributed by atoms with van der Waals surface area (Å²) in [5.74, 6) is 2.04. The van der Waals surface area contributed by atoms with Gasteiger partial charge in [-0.05, 0) is 44.2 Å². The van der Waals surface area contributed by atoms with Crippen LogP contribution in [0.25, 0.3) is 11.4 Å². The van der Waals surface area contributed by atoms with Gasteiger partial charge in [-0.2, -0.15) is 5.10 Å². The smallest absolute Gasteiger partial charge is 0.315 e. The van der Waals surface area contributed by atoms with E-state index in [4.69, 9.17) is 0 Å². The van der Waals surface area contributed by atoms with Crippen LogP contribution in [-0.2, 0) is 4.79 Å². The largest absolute Gasteiger partial charge is 0.338 e. The molecule has 160 valence electrons.